The van der Waals surface area contributed by atoms with Crippen LogP contribution < -0.4 is 0 Å². The van der Waals surface area contributed by atoms with Crippen molar-refractivity contribution in [3.05, 3.63) is 495 Å². The SMILES string of the molecule is Cc1ccc(C)c2c1-c1ccccc1C2(C)C.Cc1ccc2c(c1)C(C)(C)c1cccc(C)c1-2.Cc1ccc2c(c1)C(c1ccccc1)(c1ccccc1)c1cc(C)ccc1-2.Cc1ccc2c(c1)C(c1ccccc1)(c1ccccc1)c1cccc(C)c1-2.Cc1cccc2c1-c1c(C)cccc1C2(C)C.Cc1cccc2c1C(C)(C)c1c(C)cccc1-2. The van der Waals surface area contributed by atoms with Crippen molar-refractivity contribution in [2.24, 2.45) is 0 Å². The predicted molar refractivity (Wildman–Crippen MR) is 520 cm³/mol. The van der Waals surface area contributed by atoms with Gasteiger partial charge in [-0.1, -0.05) is 417 Å². The second kappa shape index (κ2) is 31.5. The highest BCUT2D eigenvalue weighted by molar-refractivity contribution is 5.92. The van der Waals surface area contributed by atoms with Gasteiger partial charge in [0.25, 0.3) is 0 Å². The van der Waals surface area contributed by atoms with Crippen LogP contribution in [0, 0.1) is 83.1 Å². The van der Waals surface area contributed by atoms with Crippen LogP contribution in [-0.2, 0) is 32.5 Å². The summed E-state index contributed by atoms with van der Waals surface area (Å²) in [5, 5.41) is 0. The zero-order valence-corrected chi connectivity index (χ0v) is 75.3. The van der Waals surface area contributed by atoms with Crippen LogP contribution in [0.4, 0.5) is 0 Å². The van der Waals surface area contributed by atoms with Crippen LogP contribution in [-0.4, -0.2) is 0 Å². The fourth-order valence-corrected chi connectivity index (χ4v) is 22.7. The van der Waals surface area contributed by atoms with Gasteiger partial charge in [-0.15, -0.1) is 0 Å². The van der Waals surface area contributed by atoms with E-state index >= 15 is 0 Å². The van der Waals surface area contributed by atoms with Gasteiger partial charge in [-0.05, 0) is 283 Å². The van der Waals surface area contributed by atoms with Crippen molar-refractivity contribution in [1.29, 1.82) is 0 Å². The molecule has 0 atom stereocenters. The molecule has 0 heteroatoms. The number of aryl methyl sites for hydroxylation is 12. The summed E-state index contributed by atoms with van der Waals surface area (Å²) in [6.45, 7) is 45.2. The summed E-state index contributed by atoms with van der Waals surface area (Å²) >= 11 is 0. The number of hydrogen-bond donors (Lipinski definition) is 0. The predicted octanol–water partition coefficient (Wildman–Crippen LogP) is 31.8. The van der Waals surface area contributed by atoms with E-state index < -0.39 is 0 Å². The average Bonchev–Trinajstić information content (AvgIpc) is 1.53. The van der Waals surface area contributed by atoms with E-state index in [1.54, 1.807) is 0 Å². The number of rotatable bonds is 4. The van der Waals surface area contributed by atoms with Gasteiger partial charge < -0.3 is 0 Å². The van der Waals surface area contributed by atoms with E-state index in [1.165, 1.54) is 223 Å². The second-order valence-corrected chi connectivity index (χ2v) is 37.6. The van der Waals surface area contributed by atoms with Crippen LogP contribution in [0.2, 0.25) is 0 Å². The molecule has 0 saturated carbocycles. The Morgan fingerprint density at radius 3 is 0.836 bits per heavy atom. The Morgan fingerprint density at radius 2 is 0.410 bits per heavy atom. The van der Waals surface area contributed by atoms with Gasteiger partial charge in [0.2, 0.25) is 0 Å². The molecule has 604 valence electrons. The first-order chi connectivity index (χ1) is 58.5. The third kappa shape index (κ3) is 13.2. The van der Waals surface area contributed by atoms with Gasteiger partial charge >= 0.3 is 0 Å². The molecular formula is C122H116. The lowest BCUT2D eigenvalue weighted by Crippen LogP contribution is -2.28. The standard InChI is InChI=1S/2C27H22.4C17H18/c1-19-16-17-23-25(18-19)27(21-11-5-3-6-12-21,22-13-7-4-8-14-22)24-15-9-10-20(2)26(23)24;1-19-13-15-23-24-16-14-20(2)18-26(24)27(25(23)17-19,21-9-5-3-6-10-21)22-11-7-4-8-12-22;1-11-7-5-9-13-15(11)16-12(2)8-6-10-14(16)17(13,3)4;1-11-7-5-9-13-14-10-6-8-12(2)16(14)17(3,4)15(11)13;1-11-8-9-13-15(10-11)17(3,4)14-7-5-6-12(2)16(13)14;1-11-9-10-12(2)16-15(11)13-7-5-6-8-14(13)17(16,3)4/h2*3-18H,1-2H3;4*5-10H,1-4H3. The zero-order chi connectivity index (χ0) is 85.7. The highest BCUT2D eigenvalue weighted by atomic mass is 14.5. The Morgan fingerprint density at radius 1 is 0.148 bits per heavy atom. The van der Waals surface area contributed by atoms with Crippen LogP contribution >= 0.6 is 0 Å². The van der Waals surface area contributed by atoms with Crippen molar-refractivity contribution in [3.63, 3.8) is 0 Å². The largest absolute Gasteiger partial charge is 0.0713 e. The zero-order valence-electron chi connectivity index (χ0n) is 75.3. The van der Waals surface area contributed by atoms with Gasteiger partial charge in [0.15, 0.2) is 0 Å². The first-order valence-corrected chi connectivity index (χ1v) is 44.0. The Hall–Kier alpha value is -12.5. The first kappa shape index (κ1) is 81.9. The van der Waals surface area contributed by atoms with Gasteiger partial charge in [-0.3, -0.25) is 0 Å². The highest BCUT2D eigenvalue weighted by Gasteiger charge is 2.49. The summed E-state index contributed by atoms with van der Waals surface area (Å²) < 4.78 is 0. The minimum absolute atomic E-state index is 0.140. The van der Waals surface area contributed by atoms with E-state index in [0.29, 0.717) is 0 Å². The molecule has 0 amide bonds. The van der Waals surface area contributed by atoms with E-state index in [9.17, 15) is 0 Å². The Balaban J connectivity index is 0.000000106. The number of fused-ring (bicyclic) bond motifs is 18. The molecule has 0 aliphatic heterocycles. The van der Waals surface area contributed by atoms with Crippen LogP contribution in [0.3, 0.4) is 0 Å². The van der Waals surface area contributed by atoms with Crippen LogP contribution in [0.15, 0.2) is 340 Å². The molecule has 0 fully saturated rings. The molecule has 16 aromatic rings. The van der Waals surface area contributed by atoms with E-state index in [1.807, 2.05) is 0 Å². The smallest absolute Gasteiger partial charge is 0.0622 e. The summed E-state index contributed by atoms with van der Waals surface area (Å²) in [5.74, 6) is 0. The maximum absolute atomic E-state index is 2.38. The lowest BCUT2D eigenvalue weighted by molar-refractivity contribution is 0.651. The second-order valence-electron chi connectivity index (χ2n) is 37.6. The molecule has 0 spiro atoms. The topological polar surface area (TPSA) is 0 Å². The van der Waals surface area contributed by atoms with Gasteiger partial charge in [-0.25, -0.2) is 0 Å². The molecule has 0 radical (unpaired) electrons. The Labute approximate surface area is 728 Å². The van der Waals surface area contributed by atoms with Crippen LogP contribution in [0.5, 0.6) is 0 Å². The summed E-state index contributed by atoms with van der Waals surface area (Å²) in [6.07, 6.45) is 0. The molecule has 0 nitrogen and oxygen atoms in total. The summed E-state index contributed by atoms with van der Waals surface area (Å²) in [6, 6.07) is 125. The van der Waals surface area contributed by atoms with Crippen molar-refractivity contribution in [1.82, 2.24) is 0 Å². The monoisotopic (exact) mass is 1580 g/mol. The fourth-order valence-electron chi connectivity index (χ4n) is 22.7. The van der Waals surface area contributed by atoms with Gasteiger partial charge in [0.1, 0.15) is 0 Å². The molecule has 0 bridgehead atoms. The normalized spacial score (nSPS) is 14.8. The lowest BCUT2D eigenvalue weighted by atomic mass is 9.67. The molecule has 16 aromatic carbocycles. The molecule has 6 aliphatic carbocycles. The summed E-state index contributed by atoms with van der Waals surface area (Å²) in [5.41, 5.74) is 56.1. The highest BCUT2D eigenvalue weighted by Crippen LogP contribution is 2.61. The fraction of sp³-hybridized carbons (Fsp3) is 0.213. The van der Waals surface area contributed by atoms with Gasteiger partial charge in [0.05, 0.1) is 10.8 Å². The third-order valence-electron chi connectivity index (χ3n) is 28.2. The Kier molecular flexibility index (Phi) is 21.1. The van der Waals surface area contributed by atoms with E-state index in [4.69, 9.17) is 0 Å². The average molecular weight is 1580 g/mol. The van der Waals surface area contributed by atoms with Crippen LogP contribution in [0.1, 0.15) is 211 Å². The maximum Gasteiger partial charge on any atom is 0.0713 e. The summed E-state index contributed by atoms with van der Waals surface area (Å²) in [7, 11) is 0. The minimum atomic E-state index is -0.273. The minimum Gasteiger partial charge on any atom is -0.0622 e. The van der Waals surface area contributed by atoms with Crippen molar-refractivity contribution in [2.45, 2.75) is 171 Å². The molecule has 0 heterocycles. The molecule has 22 rings (SSSR count). The van der Waals surface area contributed by atoms with Crippen molar-refractivity contribution in [3.8, 4) is 66.8 Å². The first-order valence-electron chi connectivity index (χ1n) is 44.0. The van der Waals surface area contributed by atoms with Crippen LogP contribution in [0.25, 0.3) is 66.8 Å². The molecule has 122 heavy (non-hydrogen) atoms. The quantitative estimate of drug-likeness (QED) is 0.165. The molecule has 0 N–H and O–H groups in total. The van der Waals surface area contributed by atoms with E-state index in [-0.39, 0.29) is 32.5 Å². The lowest BCUT2D eigenvalue weighted by Gasteiger charge is -2.34. The third-order valence-corrected chi connectivity index (χ3v) is 28.2. The summed E-state index contributed by atoms with van der Waals surface area (Å²) in [4.78, 5) is 0. The van der Waals surface area contributed by atoms with Crippen molar-refractivity contribution < 1.29 is 0 Å². The van der Waals surface area contributed by atoms with E-state index in [0.717, 1.165) is 0 Å². The number of hydrogen-bond acceptors (Lipinski definition) is 0. The molecule has 0 unspecified atom stereocenters. The van der Waals surface area contributed by atoms with Gasteiger partial charge in [0, 0.05) is 21.7 Å². The van der Waals surface area contributed by atoms with Crippen molar-refractivity contribution >= 4 is 0 Å². The van der Waals surface area contributed by atoms with E-state index in [2.05, 4.69) is 478 Å². The maximum atomic E-state index is 2.38. The number of benzene rings is 16. The molecule has 6 aliphatic rings. The molecular weight excluding hydrogens is 1470 g/mol. The van der Waals surface area contributed by atoms with Gasteiger partial charge in [-0.2, -0.15) is 0 Å². The molecule has 0 aromatic heterocycles. The Bertz CT molecular complexity index is 6400. The molecule has 0 saturated heterocycles. The van der Waals surface area contributed by atoms with Crippen molar-refractivity contribution in [2.75, 3.05) is 0 Å².